The van der Waals surface area contributed by atoms with Gasteiger partial charge in [-0.3, -0.25) is 4.72 Å². The van der Waals surface area contributed by atoms with Gasteiger partial charge in [-0.2, -0.15) is 0 Å². The fourth-order valence-electron chi connectivity index (χ4n) is 2.27. The summed E-state index contributed by atoms with van der Waals surface area (Å²) in [6.07, 6.45) is 2.48. The predicted octanol–water partition coefficient (Wildman–Crippen LogP) is 1.24. The van der Waals surface area contributed by atoms with Crippen LogP contribution in [0, 0.1) is 6.92 Å². The van der Waals surface area contributed by atoms with E-state index in [1.807, 2.05) is 6.92 Å². The zero-order valence-corrected chi connectivity index (χ0v) is 13.8. The van der Waals surface area contributed by atoms with Crippen molar-refractivity contribution in [3.8, 4) is 0 Å². The molecule has 0 amide bonds. The largest absolute Gasteiger partial charge is 0.361 e. The van der Waals surface area contributed by atoms with Crippen LogP contribution in [0.3, 0.4) is 0 Å². The van der Waals surface area contributed by atoms with E-state index in [0.29, 0.717) is 6.54 Å². The summed E-state index contributed by atoms with van der Waals surface area (Å²) in [6.45, 7) is 5.67. The molecule has 5 nitrogen and oxygen atoms in total. The van der Waals surface area contributed by atoms with Crippen LogP contribution in [0.25, 0.3) is 0 Å². The predicted molar refractivity (Wildman–Crippen MR) is 87.8 cm³/mol. The smallest absolute Gasteiger partial charge is 0.263 e. The number of nitrogens with one attached hydrogen (secondary N) is 2. The number of thiocarbonyl (C=S) groups is 1. The Morgan fingerprint density at radius 1 is 1.24 bits per heavy atom. The number of hydrogen-bond acceptors (Lipinski definition) is 4. The maximum atomic E-state index is 12.1. The lowest BCUT2D eigenvalue weighted by atomic mass is 10.2. The zero-order chi connectivity index (χ0) is 15.3. The van der Waals surface area contributed by atoms with Gasteiger partial charge >= 0.3 is 0 Å². The molecule has 1 aromatic rings. The molecular formula is C14H21N3O2S2. The van der Waals surface area contributed by atoms with Gasteiger partial charge in [-0.05, 0) is 57.2 Å². The highest BCUT2D eigenvalue weighted by Crippen LogP contribution is 2.09. The van der Waals surface area contributed by atoms with Crippen molar-refractivity contribution in [2.45, 2.75) is 24.7 Å². The first-order valence-electron chi connectivity index (χ1n) is 7.07. The van der Waals surface area contributed by atoms with Gasteiger partial charge in [0.1, 0.15) is 0 Å². The second-order valence-corrected chi connectivity index (χ2v) is 7.31. The van der Waals surface area contributed by atoms with E-state index in [0.717, 1.165) is 25.2 Å². The van der Waals surface area contributed by atoms with Crippen LogP contribution in [0.4, 0.5) is 0 Å². The minimum absolute atomic E-state index is 0.148. The first-order chi connectivity index (χ1) is 9.97. The monoisotopic (exact) mass is 327 g/mol. The van der Waals surface area contributed by atoms with Gasteiger partial charge in [0.15, 0.2) is 5.11 Å². The first-order valence-corrected chi connectivity index (χ1v) is 8.96. The van der Waals surface area contributed by atoms with Crippen LogP contribution < -0.4 is 10.0 Å². The quantitative estimate of drug-likeness (QED) is 0.797. The summed E-state index contributed by atoms with van der Waals surface area (Å²) in [4.78, 5) is 2.56. The molecule has 1 aromatic carbocycles. The fourth-order valence-corrected chi connectivity index (χ4v) is 3.63. The van der Waals surface area contributed by atoms with Crippen molar-refractivity contribution in [3.05, 3.63) is 29.8 Å². The summed E-state index contributed by atoms with van der Waals surface area (Å²) in [5.41, 5.74) is 1.01. The van der Waals surface area contributed by atoms with Gasteiger partial charge in [-0.15, -0.1) is 0 Å². The Bertz CT molecular complexity index is 579. The van der Waals surface area contributed by atoms with E-state index >= 15 is 0 Å². The maximum absolute atomic E-state index is 12.1. The minimum atomic E-state index is -3.59. The number of likely N-dealkylation sites (tertiary alicyclic amines) is 1. The van der Waals surface area contributed by atoms with E-state index in [2.05, 4.69) is 14.9 Å². The average molecular weight is 327 g/mol. The highest BCUT2D eigenvalue weighted by Gasteiger charge is 2.15. The van der Waals surface area contributed by atoms with Crippen molar-refractivity contribution in [3.63, 3.8) is 0 Å². The molecule has 0 aliphatic carbocycles. The summed E-state index contributed by atoms with van der Waals surface area (Å²) >= 11 is 5.05. The standard InChI is InChI=1S/C14H21N3O2S2/c1-12-4-6-13(7-5-12)21(18,19)16-14(20)15-8-11-17-9-2-3-10-17/h4-7H,2-3,8-11H2,1H3,(H2,15,16,20). The number of nitrogens with zero attached hydrogens (tertiary/aromatic N) is 1. The minimum Gasteiger partial charge on any atom is -0.361 e. The van der Waals surface area contributed by atoms with Gasteiger partial charge in [0.25, 0.3) is 10.0 Å². The van der Waals surface area contributed by atoms with Gasteiger partial charge in [-0.25, -0.2) is 8.42 Å². The average Bonchev–Trinajstić information content (AvgIpc) is 2.92. The normalized spacial score (nSPS) is 15.9. The van der Waals surface area contributed by atoms with Crippen molar-refractivity contribution >= 4 is 27.4 Å². The summed E-state index contributed by atoms with van der Waals surface area (Å²) in [5, 5.41) is 3.09. The van der Waals surface area contributed by atoms with E-state index in [-0.39, 0.29) is 10.0 Å². The second-order valence-electron chi connectivity index (χ2n) is 5.22. The fraction of sp³-hybridized carbons (Fsp3) is 0.500. The topological polar surface area (TPSA) is 61.4 Å². The molecule has 116 valence electrons. The molecule has 0 bridgehead atoms. The molecule has 21 heavy (non-hydrogen) atoms. The lowest BCUT2D eigenvalue weighted by Gasteiger charge is -2.16. The van der Waals surface area contributed by atoms with Crippen molar-refractivity contribution in [1.82, 2.24) is 14.9 Å². The third-order valence-electron chi connectivity index (χ3n) is 3.47. The third-order valence-corrected chi connectivity index (χ3v) is 5.21. The number of hydrogen-bond donors (Lipinski definition) is 2. The summed E-state index contributed by atoms with van der Waals surface area (Å²) < 4.78 is 26.6. The summed E-state index contributed by atoms with van der Waals surface area (Å²) in [7, 11) is -3.59. The van der Waals surface area contributed by atoms with Crippen molar-refractivity contribution in [2.75, 3.05) is 26.2 Å². The van der Waals surface area contributed by atoms with Gasteiger partial charge in [-0.1, -0.05) is 17.7 Å². The Balaban J connectivity index is 1.81. The highest BCUT2D eigenvalue weighted by atomic mass is 32.2. The molecule has 1 heterocycles. The van der Waals surface area contributed by atoms with Gasteiger partial charge in [0.05, 0.1) is 4.90 Å². The van der Waals surface area contributed by atoms with Gasteiger partial charge < -0.3 is 10.2 Å². The molecule has 2 rings (SSSR count). The van der Waals surface area contributed by atoms with Crippen LogP contribution >= 0.6 is 12.2 Å². The molecule has 1 fully saturated rings. The lowest BCUT2D eigenvalue weighted by molar-refractivity contribution is 0.344. The van der Waals surface area contributed by atoms with Crippen LogP contribution in [-0.2, 0) is 10.0 Å². The lowest BCUT2D eigenvalue weighted by Crippen LogP contribution is -2.42. The zero-order valence-electron chi connectivity index (χ0n) is 12.1. The molecular weight excluding hydrogens is 306 g/mol. The van der Waals surface area contributed by atoms with Crippen LogP contribution in [-0.4, -0.2) is 44.6 Å². The Morgan fingerprint density at radius 2 is 1.86 bits per heavy atom. The summed E-state index contributed by atoms with van der Waals surface area (Å²) in [6, 6.07) is 6.67. The number of rotatable bonds is 5. The summed E-state index contributed by atoms with van der Waals surface area (Å²) in [5.74, 6) is 0. The van der Waals surface area contributed by atoms with E-state index in [9.17, 15) is 8.42 Å². The molecule has 0 atom stereocenters. The maximum Gasteiger partial charge on any atom is 0.263 e. The molecule has 7 heteroatoms. The Labute approximate surface area is 131 Å². The Morgan fingerprint density at radius 3 is 2.48 bits per heavy atom. The molecule has 1 aliphatic rings. The van der Waals surface area contributed by atoms with Crippen LogP contribution in [0.15, 0.2) is 29.2 Å². The Hall–Kier alpha value is -1.18. The molecule has 0 radical (unpaired) electrons. The number of aryl methyl sites for hydroxylation is 1. The van der Waals surface area contributed by atoms with Crippen LogP contribution in [0.5, 0.6) is 0 Å². The molecule has 1 saturated heterocycles. The number of sulfonamides is 1. The SMILES string of the molecule is Cc1ccc(S(=O)(=O)NC(=S)NCCN2CCCC2)cc1. The highest BCUT2D eigenvalue weighted by molar-refractivity contribution is 7.91. The molecule has 1 aliphatic heterocycles. The molecule has 0 aromatic heterocycles. The van der Waals surface area contributed by atoms with Crippen molar-refractivity contribution in [2.24, 2.45) is 0 Å². The van der Waals surface area contributed by atoms with Gasteiger partial charge in [0.2, 0.25) is 0 Å². The molecule has 2 N–H and O–H groups in total. The number of benzene rings is 1. The Kier molecular flexibility index (Phi) is 5.55. The third kappa shape index (κ3) is 4.94. The molecule has 0 saturated carbocycles. The molecule has 0 spiro atoms. The van der Waals surface area contributed by atoms with Crippen molar-refractivity contribution < 1.29 is 8.42 Å². The second kappa shape index (κ2) is 7.20. The van der Waals surface area contributed by atoms with Crippen molar-refractivity contribution in [1.29, 1.82) is 0 Å². The van der Waals surface area contributed by atoms with E-state index in [4.69, 9.17) is 12.2 Å². The van der Waals surface area contributed by atoms with Crippen LogP contribution in [0.1, 0.15) is 18.4 Å². The van der Waals surface area contributed by atoms with Gasteiger partial charge in [0, 0.05) is 13.1 Å². The van der Waals surface area contributed by atoms with E-state index < -0.39 is 10.0 Å². The first kappa shape index (κ1) is 16.2. The molecule has 0 unspecified atom stereocenters. The van der Waals surface area contributed by atoms with E-state index in [1.54, 1.807) is 24.3 Å². The van der Waals surface area contributed by atoms with E-state index in [1.165, 1.54) is 12.8 Å². The van der Waals surface area contributed by atoms with Crippen LogP contribution in [0.2, 0.25) is 0 Å².